The lowest BCUT2D eigenvalue weighted by atomic mass is 10.2. The Labute approximate surface area is 179 Å². The molecule has 0 bridgehead atoms. The molecule has 0 saturated heterocycles. The molecule has 2 heterocycles. The Kier molecular flexibility index (Phi) is 6.64. The summed E-state index contributed by atoms with van der Waals surface area (Å²) >= 11 is 5.82. The van der Waals surface area contributed by atoms with Crippen LogP contribution < -0.4 is 19.8 Å². The third-order valence-electron chi connectivity index (χ3n) is 4.07. The van der Waals surface area contributed by atoms with Crippen LogP contribution in [0.25, 0.3) is 5.69 Å². The summed E-state index contributed by atoms with van der Waals surface area (Å²) in [6.07, 6.45) is 3.17. The number of ether oxygens (including phenoxy) is 3. The molecule has 0 spiro atoms. The highest BCUT2D eigenvalue weighted by atomic mass is 35.5. The second kappa shape index (κ2) is 9.19. The second-order valence-electron chi connectivity index (χ2n) is 7.26. The summed E-state index contributed by atoms with van der Waals surface area (Å²) in [6, 6.07) is 11.7. The molecule has 3 rings (SSSR count). The molecule has 7 nitrogen and oxygen atoms in total. The Hall–Kier alpha value is -3.03. The molecule has 1 N–H and O–H groups in total. The third kappa shape index (κ3) is 5.75. The van der Waals surface area contributed by atoms with Crippen molar-refractivity contribution in [2.45, 2.75) is 26.1 Å². The monoisotopic (exact) mass is 430 g/mol. The molecule has 0 aliphatic heterocycles. The summed E-state index contributed by atoms with van der Waals surface area (Å²) in [7, 11) is 1.51. The van der Waals surface area contributed by atoms with Gasteiger partial charge in [-0.05, 0) is 44.2 Å². The van der Waals surface area contributed by atoms with E-state index in [1.165, 1.54) is 17.7 Å². The van der Waals surface area contributed by atoms with Crippen LogP contribution in [-0.2, 0) is 6.61 Å². The van der Waals surface area contributed by atoms with Crippen molar-refractivity contribution >= 4 is 11.6 Å². The van der Waals surface area contributed by atoms with Crippen molar-refractivity contribution in [3.63, 3.8) is 0 Å². The summed E-state index contributed by atoms with van der Waals surface area (Å²) in [5, 5.41) is 10.4. The van der Waals surface area contributed by atoms with Gasteiger partial charge in [0.2, 0.25) is 0 Å². The summed E-state index contributed by atoms with van der Waals surface area (Å²) in [6.45, 7) is 3.64. The third-order valence-corrected chi connectivity index (χ3v) is 4.30. The number of aromatic nitrogens is 2. The maximum absolute atomic E-state index is 12.6. The van der Waals surface area contributed by atoms with Crippen molar-refractivity contribution in [2.24, 2.45) is 0 Å². The molecule has 0 atom stereocenters. The fourth-order valence-electron chi connectivity index (χ4n) is 2.59. The Bertz CT molecular complexity index is 1060. The highest BCUT2D eigenvalue weighted by molar-refractivity contribution is 6.30. The van der Waals surface area contributed by atoms with Crippen molar-refractivity contribution in [2.75, 3.05) is 13.7 Å². The summed E-state index contributed by atoms with van der Waals surface area (Å²) in [5.41, 5.74) is 0.0787. The highest BCUT2D eigenvalue weighted by Gasteiger charge is 2.16. The minimum Gasteiger partial charge on any atom is -0.493 e. The number of halogens is 1. The standard InChI is InChI=1S/C22H23ClN2O5/c1-22(2,27)14-30-19-7-6-17(10-20(19)28-3)25-9-8-18(11-21(25)26)29-13-16-5-4-15(23)12-24-16/h4-12,27H,13-14H2,1-3H3. The largest absolute Gasteiger partial charge is 0.493 e. The van der Waals surface area contributed by atoms with Gasteiger partial charge in [0, 0.05) is 24.5 Å². The van der Waals surface area contributed by atoms with Gasteiger partial charge in [-0.1, -0.05) is 11.6 Å². The number of rotatable bonds is 8. The zero-order chi connectivity index (χ0) is 21.7. The molecule has 3 aromatic rings. The van der Waals surface area contributed by atoms with E-state index in [0.717, 1.165) is 0 Å². The Morgan fingerprint density at radius 1 is 1.10 bits per heavy atom. The number of methoxy groups -OCH3 is 1. The Balaban J connectivity index is 1.75. The van der Waals surface area contributed by atoms with Gasteiger partial charge in [0.15, 0.2) is 11.5 Å². The molecule has 0 aliphatic carbocycles. The van der Waals surface area contributed by atoms with Crippen LogP contribution in [0.3, 0.4) is 0 Å². The molecular formula is C22H23ClN2O5. The van der Waals surface area contributed by atoms with Crippen LogP contribution in [0.2, 0.25) is 5.02 Å². The molecule has 0 fully saturated rings. The molecule has 1 aromatic carbocycles. The first-order valence-electron chi connectivity index (χ1n) is 9.25. The predicted octanol–water partition coefficient (Wildman–Crippen LogP) is 3.62. The molecule has 0 unspecified atom stereocenters. The summed E-state index contributed by atoms with van der Waals surface area (Å²) < 4.78 is 18.1. The predicted molar refractivity (Wildman–Crippen MR) is 114 cm³/mol. The SMILES string of the molecule is COc1cc(-n2ccc(OCc3ccc(Cl)cn3)cc2=O)ccc1OCC(C)(C)O. The maximum atomic E-state index is 12.6. The van der Waals surface area contributed by atoms with Gasteiger partial charge in [-0.15, -0.1) is 0 Å². The number of nitrogens with zero attached hydrogens (tertiary/aromatic N) is 2. The van der Waals surface area contributed by atoms with E-state index >= 15 is 0 Å². The molecular weight excluding hydrogens is 408 g/mol. The zero-order valence-corrected chi connectivity index (χ0v) is 17.7. The summed E-state index contributed by atoms with van der Waals surface area (Å²) in [5.74, 6) is 1.37. The normalized spacial score (nSPS) is 11.2. The Morgan fingerprint density at radius 3 is 2.53 bits per heavy atom. The summed E-state index contributed by atoms with van der Waals surface area (Å²) in [4.78, 5) is 16.7. The molecule has 0 aliphatic rings. The van der Waals surface area contributed by atoms with Crippen molar-refractivity contribution in [3.8, 4) is 22.9 Å². The van der Waals surface area contributed by atoms with Gasteiger partial charge in [-0.2, -0.15) is 0 Å². The van der Waals surface area contributed by atoms with Gasteiger partial charge in [-0.25, -0.2) is 0 Å². The minimum atomic E-state index is -0.974. The van der Waals surface area contributed by atoms with Crippen LogP contribution >= 0.6 is 11.6 Å². The lowest BCUT2D eigenvalue weighted by Crippen LogP contribution is -2.28. The van der Waals surface area contributed by atoms with Gasteiger partial charge in [0.1, 0.15) is 19.0 Å². The van der Waals surface area contributed by atoms with Crippen LogP contribution in [0.4, 0.5) is 0 Å². The number of benzene rings is 1. The van der Waals surface area contributed by atoms with Gasteiger partial charge >= 0.3 is 0 Å². The lowest BCUT2D eigenvalue weighted by Gasteiger charge is -2.19. The first-order valence-corrected chi connectivity index (χ1v) is 9.62. The van der Waals surface area contributed by atoms with E-state index in [0.29, 0.717) is 33.7 Å². The molecule has 8 heteroatoms. The molecule has 0 radical (unpaired) electrons. The number of aliphatic hydroxyl groups is 1. The van der Waals surface area contributed by atoms with Gasteiger partial charge in [-0.3, -0.25) is 14.3 Å². The van der Waals surface area contributed by atoms with Crippen molar-refractivity contribution in [1.29, 1.82) is 0 Å². The zero-order valence-electron chi connectivity index (χ0n) is 17.0. The fraction of sp³-hybridized carbons (Fsp3) is 0.273. The van der Waals surface area contributed by atoms with E-state index in [4.69, 9.17) is 25.8 Å². The van der Waals surface area contributed by atoms with Crippen LogP contribution in [0.5, 0.6) is 17.2 Å². The van der Waals surface area contributed by atoms with Crippen LogP contribution in [-0.4, -0.2) is 34.0 Å². The van der Waals surface area contributed by atoms with E-state index in [9.17, 15) is 9.90 Å². The van der Waals surface area contributed by atoms with Gasteiger partial charge in [0.05, 0.1) is 29.1 Å². The van der Waals surface area contributed by atoms with E-state index in [2.05, 4.69) is 4.98 Å². The van der Waals surface area contributed by atoms with Gasteiger partial charge < -0.3 is 19.3 Å². The van der Waals surface area contributed by atoms with Crippen molar-refractivity contribution in [3.05, 3.63) is 75.9 Å². The maximum Gasteiger partial charge on any atom is 0.258 e. The van der Waals surface area contributed by atoms with Crippen LogP contribution in [0.1, 0.15) is 19.5 Å². The number of pyridine rings is 2. The average Bonchev–Trinajstić information content (AvgIpc) is 2.71. The quantitative estimate of drug-likeness (QED) is 0.587. The Morgan fingerprint density at radius 2 is 1.90 bits per heavy atom. The van der Waals surface area contributed by atoms with Crippen LogP contribution in [0, 0.1) is 0 Å². The van der Waals surface area contributed by atoms with E-state index in [-0.39, 0.29) is 18.8 Å². The minimum absolute atomic E-state index is 0.108. The van der Waals surface area contributed by atoms with Crippen molar-refractivity contribution < 1.29 is 19.3 Å². The molecule has 0 amide bonds. The highest BCUT2D eigenvalue weighted by Crippen LogP contribution is 2.30. The molecule has 0 saturated carbocycles. The van der Waals surface area contributed by atoms with E-state index in [1.807, 2.05) is 0 Å². The number of hydrogen-bond acceptors (Lipinski definition) is 6. The van der Waals surface area contributed by atoms with E-state index < -0.39 is 5.60 Å². The van der Waals surface area contributed by atoms with E-state index in [1.54, 1.807) is 62.6 Å². The van der Waals surface area contributed by atoms with Crippen LogP contribution in [0.15, 0.2) is 59.7 Å². The first-order chi connectivity index (χ1) is 14.2. The second-order valence-corrected chi connectivity index (χ2v) is 7.70. The number of hydrogen-bond donors (Lipinski definition) is 1. The van der Waals surface area contributed by atoms with Crippen molar-refractivity contribution in [1.82, 2.24) is 9.55 Å². The smallest absolute Gasteiger partial charge is 0.258 e. The fourth-order valence-corrected chi connectivity index (χ4v) is 2.70. The topological polar surface area (TPSA) is 82.8 Å². The molecule has 30 heavy (non-hydrogen) atoms. The first kappa shape index (κ1) is 21.7. The molecule has 2 aromatic heterocycles. The van der Waals surface area contributed by atoms with Gasteiger partial charge in [0.25, 0.3) is 5.56 Å². The average molecular weight is 431 g/mol. The lowest BCUT2D eigenvalue weighted by molar-refractivity contribution is 0.0276. The molecule has 158 valence electrons.